The number of nitrogens with zero attached hydrogens (tertiary/aromatic N) is 2. The maximum Gasteiger partial charge on any atom is 0.279 e. The molecule has 0 unspecified atom stereocenters. The molecule has 0 saturated carbocycles. The van der Waals surface area contributed by atoms with Crippen molar-refractivity contribution in [1.29, 1.82) is 0 Å². The molecule has 2 N–H and O–H groups in total. The highest BCUT2D eigenvalue weighted by atomic mass is 16.5. The van der Waals surface area contributed by atoms with Crippen molar-refractivity contribution in [1.82, 2.24) is 20.6 Å². The quantitative estimate of drug-likeness (QED) is 0.834. The summed E-state index contributed by atoms with van der Waals surface area (Å²) in [5.74, 6) is -0.217. The molecule has 0 aliphatic rings. The van der Waals surface area contributed by atoms with Crippen LogP contribution in [0.4, 0.5) is 0 Å². The van der Waals surface area contributed by atoms with Gasteiger partial charge in [-0.15, -0.1) is 0 Å². The lowest BCUT2D eigenvalue weighted by molar-refractivity contribution is -0.128. The maximum absolute atomic E-state index is 12.1. The molecular weight excluding hydrogens is 308 g/mol. The van der Waals surface area contributed by atoms with E-state index in [4.69, 9.17) is 4.74 Å². The number of aromatic nitrogens is 2. The predicted molar refractivity (Wildman–Crippen MR) is 89.6 cm³/mol. The van der Waals surface area contributed by atoms with Crippen molar-refractivity contribution < 1.29 is 14.3 Å². The number of carbonyl (C=O) groups is 2. The van der Waals surface area contributed by atoms with Gasteiger partial charge in [-0.3, -0.25) is 25.1 Å². The minimum absolute atomic E-state index is 0.404. The predicted octanol–water partition coefficient (Wildman–Crippen LogP) is 1.57. The fourth-order valence-electron chi connectivity index (χ4n) is 2.10. The third-order valence-corrected chi connectivity index (χ3v) is 4.01. The Morgan fingerprint density at radius 3 is 2.54 bits per heavy atom. The molecule has 24 heavy (non-hydrogen) atoms. The summed E-state index contributed by atoms with van der Waals surface area (Å²) in [6.45, 7) is 7.31. The molecule has 0 aliphatic heterocycles. The number of aryl methyl sites for hydroxylation is 2. The van der Waals surface area contributed by atoms with Crippen LogP contribution in [0.5, 0.6) is 5.75 Å². The van der Waals surface area contributed by atoms with Gasteiger partial charge in [0.2, 0.25) is 0 Å². The lowest BCUT2D eigenvalue weighted by Crippen LogP contribution is -2.47. The van der Waals surface area contributed by atoms with Crippen molar-refractivity contribution >= 4 is 11.8 Å². The molecular formula is C17H22N4O3. The molecule has 0 aliphatic carbocycles. The highest BCUT2D eigenvalue weighted by Crippen LogP contribution is 2.21. The average molecular weight is 330 g/mol. The van der Waals surface area contributed by atoms with E-state index < -0.39 is 17.9 Å². The van der Waals surface area contributed by atoms with E-state index in [1.165, 1.54) is 6.20 Å². The van der Waals surface area contributed by atoms with Crippen LogP contribution in [-0.2, 0) is 11.8 Å². The van der Waals surface area contributed by atoms with Gasteiger partial charge in [-0.1, -0.05) is 12.1 Å². The van der Waals surface area contributed by atoms with Crippen LogP contribution in [0.3, 0.4) is 0 Å². The van der Waals surface area contributed by atoms with E-state index in [1.807, 2.05) is 32.0 Å². The largest absolute Gasteiger partial charge is 0.481 e. The van der Waals surface area contributed by atoms with Crippen molar-refractivity contribution in [3.63, 3.8) is 0 Å². The molecule has 2 amide bonds. The molecule has 7 heteroatoms. The van der Waals surface area contributed by atoms with Gasteiger partial charge in [0.1, 0.15) is 5.75 Å². The average Bonchev–Trinajstić information content (AvgIpc) is 2.88. The molecule has 0 radical (unpaired) electrons. The van der Waals surface area contributed by atoms with Crippen LogP contribution in [0.2, 0.25) is 0 Å². The molecule has 2 aromatic rings. The molecule has 1 aromatic carbocycles. The minimum atomic E-state index is -0.749. The number of nitrogens with one attached hydrogen (secondary N) is 2. The number of hydrogen-bond acceptors (Lipinski definition) is 4. The molecule has 2 rings (SSSR count). The number of hydrogen-bond donors (Lipinski definition) is 2. The zero-order chi connectivity index (χ0) is 17.9. The summed E-state index contributed by atoms with van der Waals surface area (Å²) in [7, 11) is 1.74. The van der Waals surface area contributed by atoms with E-state index in [2.05, 4.69) is 16.0 Å². The van der Waals surface area contributed by atoms with Crippen molar-refractivity contribution in [2.45, 2.75) is 33.8 Å². The molecule has 1 heterocycles. The van der Waals surface area contributed by atoms with Crippen LogP contribution in [0, 0.1) is 20.8 Å². The Kier molecular flexibility index (Phi) is 5.23. The first kappa shape index (κ1) is 17.5. The van der Waals surface area contributed by atoms with E-state index in [-0.39, 0.29) is 0 Å². The Morgan fingerprint density at radius 2 is 1.92 bits per heavy atom. The van der Waals surface area contributed by atoms with Crippen molar-refractivity contribution in [3.05, 3.63) is 46.8 Å². The SMILES string of the molecule is Cc1cccc(O[C@H](C)C(=O)NNC(=O)c2cnn(C)c2C)c1C. The maximum atomic E-state index is 12.1. The Hall–Kier alpha value is -2.83. The van der Waals surface area contributed by atoms with Crippen molar-refractivity contribution in [2.24, 2.45) is 7.05 Å². The summed E-state index contributed by atoms with van der Waals surface area (Å²) in [5.41, 5.74) is 7.92. The van der Waals surface area contributed by atoms with Gasteiger partial charge < -0.3 is 4.74 Å². The zero-order valence-corrected chi connectivity index (χ0v) is 14.5. The van der Waals surface area contributed by atoms with Crippen LogP contribution in [0.1, 0.15) is 34.1 Å². The fraction of sp³-hybridized carbons (Fsp3) is 0.353. The molecule has 1 aromatic heterocycles. The van der Waals surface area contributed by atoms with Crippen LogP contribution >= 0.6 is 0 Å². The van der Waals surface area contributed by atoms with E-state index in [1.54, 1.807) is 25.6 Å². The Morgan fingerprint density at radius 1 is 1.21 bits per heavy atom. The summed E-state index contributed by atoms with van der Waals surface area (Å²) in [6.07, 6.45) is 0.702. The lowest BCUT2D eigenvalue weighted by Gasteiger charge is -2.17. The number of amides is 2. The van der Waals surface area contributed by atoms with E-state index in [9.17, 15) is 9.59 Å². The molecule has 0 fully saturated rings. The second-order valence-electron chi connectivity index (χ2n) is 5.67. The second kappa shape index (κ2) is 7.16. The summed E-state index contributed by atoms with van der Waals surface area (Å²) in [4.78, 5) is 24.1. The van der Waals surface area contributed by atoms with Gasteiger partial charge in [-0.25, -0.2) is 0 Å². The summed E-state index contributed by atoms with van der Waals surface area (Å²) < 4.78 is 7.26. The second-order valence-corrected chi connectivity index (χ2v) is 5.67. The normalized spacial score (nSPS) is 11.7. The highest BCUT2D eigenvalue weighted by Gasteiger charge is 2.18. The summed E-state index contributed by atoms with van der Waals surface area (Å²) in [5, 5.41) is 3.99. The third kappa shape index (κ3) is 3.73. The first-order valence-corrected chi connectivity index (χ1v) is 7.63. The number of carbonyl (C=O) groups excluding carboxylic acids is 2. The van der Waals surface area contributed by atoms with Crippen LogP contribution in [0.25, 0.3) is 0 Å². The third-order valence-electron chi connectivity index (χ3n) is 4.01. The van der Waals surface area contributed by atoms with Crippen LogP contribution < -0.4 is 15.6 Å². The monoisotopic (exact) mass is 330 g/mol. The van der Waals surface area contributed by atoms with Crippen LogP contribution in [-0.4, -0.2) is 27.7 Å². The molecule has 0 saturated heterocycles. The molecule has 0 bridgehead atoms. The zero-order valence-electron chi connectivity index (χ0n) is 14.5. The minimum Gasteiger partial charge on any atom is -0.481 e. The molecule has 128 valence electrons. The molecule has 7 nitrogen and oxygen atoms in total. The Labute approximate surface area is 141 Å². The Balaban J connectivity index is 1.93. The number of hydrazine groups is 1. The van der Waals surface area contributed by atoms with Gasteiger partial charge in [0.25, 0.3) is 11.8 Å². The highest BCUT2D eigenvalue weighted by molar-refractivity contribution is 5.96. The van der Waals surface area contributed by atoms with E-state index in [0.29, 0.717) is 17.0 Å². The first-order chi connectivity index (χ1) is 11.3. The van der Waals surface area contributed by atoms with Gasteiger partial charge in [0, 0.05) is 12.7 Å². The van der Waals surface area contributed by atoms with Gasteiger partial charge >= 0.3 is 0 Å². The van der Waals surface area contributed by atoms with Crippen molar-refractivity contribution in [2.75, 3.05) is 0 Å². The van der Waals surface area contributed by atoms with Crippen LogP contribution in [0.15, 0.2) is 24.4 Å². The molecule has 1 atom stereocenters. The smallest absolute Gasteiger partial charge is 0.279 e. The molecule has 0 spiro atoms. The summed E-state index contributed by atoms with van der Waals surface area (Å²) >= 11 is 0. The van der Waals surface area contributed by atoms with Crippen molar-refractivity contribution in [3.8, 4) is 5.75 Å². The van der Waals surface area contributed by atoms with Gasteiger partial charge in [0.15, 0.2) is 6.10 Å². The Bertz CT molecular complexity index is 767. The fourth-order valence-corrected chi connectivity index (χ4v) is 2.10. The van der Waals surface area contributed by atoms with E-state index >= 15 is 0 Å². The topological polar surface area (TPSA) is 85.2 Å². The van der Waals surface area contributed by atoms with Gasteiger partial charge in [-0.2, -0.15) is 5.10 Å². The van der Waals surface area contributed by atoms with Gasteiger partial charge in [-0.05, 0) is 44.9 Å². The number of rotatable bonds is 4. The number of benzene rings is 1. The van der Waals surface area contributed by atoms with Gasteiger partial charge in [0.05, 0.1) is 11.8 Å². The lowest BCUT2D eigenvalue weighted by atomic mass is 10.1. The van der Waals surface area contributed by atoms with E-state index in [0.717, 1.165) is 11.1 Å². The summed E-state index contributed by atoms with van der Waals surface area (Å²) in [6, 6.07) is 5.66. The first-order valence-electron chi connectivity index (χ1n) is 7.63. The standard InChI is InChI=1S/C17H22N4O3/c1-10-7-6-8-15(11(10)2)24-13(4)16(22)19-20-17(23)14-9-18-21(5)12(14)3/h6-9,13H,1-5H3,(H,19,22)(H,20,23)/t13-/m1/s1. The number of ether oxygens (including phenoxy) is 1.